The molecule has 2 aliphatic heterocycles. The summed E-state index contributed by atoms with van der Waals surface area (Å²) in [4.78, 5) is 30.2. The van der Waals surface area contributed by atoms with Gasteiger partial charge < -0.3 is 25.3 Å². The molecule has 176 valence electrons. The van der Waals surface area contributed by atoms with Gasteiger partial charge in [0.05, 0.1) is 17.8 Å². The first-order valence-electron chi connectivity index (χ1n) is 10.3. The van der Waals surface area contributed by atoms with Crippen molar-refractivity contribution in [1.29, 1.82) is 0 Å². The Balaban J connectivity index is 1.76. The number of likely N-dealkylation sites (N-methyl/N-ethyl adjacent to an activating group) is 1. The van der Waals surface area contributed by atoms with E-state index in [2.05, 4.69) is 10.3 Å². The first-order chi connectivity index (χ1) is 15.7. The zero-order valence-corrected chi connectivity index (χ0v) is 18.0. The van der Waals surface area contributed by atoms with E-state index in [4.69, 9.17) is 10.5 Å². The van der Waals surface area contributed by atoms with Crippen LogP contribution in [0.25, 0.3) is 11.4 Å². The number of nitrogens with zero attached hydrogens (tertiary/aromatic N) is 4. The van der Waals surface area contributed by atoms with Crippen molar-refractivity contribution in [3.8, 4) is 17.1 Å². The van der Waals surface area contributed by atoms with Gasteiger partial charge in [0.1, 0.15) is 36.2 Å². The number of primary amides is 1. The number of imidazole rings is 1. The fourth-order valence-corrected chi connectivity index (χ4v) is 4.02. The number of hydrogen-bond donors (Lipinski definition) is 2. The average Bonchev–Trinajstić information content (AvgIpc) is 3.10. The molecular formula is C21H23F3N6O3. The first kappa shape index (κ1) is 22.7. The number of halogens is 3. The molecule has 3 N–H and O–H groups in total. The lowest BCUT2D eigenvalue weighted by Crippen LogP contribution is -2.54. The third kappa shape index (κ3) is 4.14. The number of benzene rings is 1. The van der Waals surface area contributed by atoms with E-state index in [0.717, 1.165) is 0 Å². The van der Waals surface area contributed by atoms with Crippen molar-refractivity contribution in [3.63, 3.8) is 0 Å². The Labute approximate surface area is 187 Å². The maximum Gasteiger partial charge on any atom is 0.260 e. The van der Waals surface area contributed by atoms with Crippen LogP contribution in [-0.2, 0) is 16.1 Å². The average molecular weight is 464 g/mol. The molecule has 9 nitrogen and oxygen atoms in total. The summed E-state index contributed by atoms with van der Waals surface area (Å²) >= 11 is 0. The monoisotopic (exact) mass is 464 g/mol. The molecule has 1 unspecified atom stereocenters. The number of amides is 1. The number of aromatic nitrogens is 2. The lowest BCUT2D eigenvalue weighted by molar-refractivity contribution is -0.118. The molecule has 2 aliphatic rings. The normalized spacial score (nSPS) is 19.3. The molecule has 0 bridgehead atoms. The number of anilines is 2. The van der Waals surface area contributed by atoms with Gasteiger partial charge in [-0.15, -0.1) is 0 Å². The molecule has 33 heavy (non-hydrogen) atoms. The molecule has 1 fully saturated rings. The number of hydrogen-bond acceptors (Lipinski definition) is 7. The van der Waals surface area contributed by atoms with Crippen molar-refractivity contribution in [1.82, 2.24) is 14.5 Å². The maximum absolute atomic E-state index is 15.2. The number of nitrogens with one attached hydrogen (secondary N) is 1. The molecule has 3 heterocycles. The quantitative estimate of drug-likeness (QED) is 0.646. The predicted octanol–water partition coefficient (Wildman–Crippen LogP) is 1.47. The molecule has 0 radical (unpaired) electrons. The standard InChI is InChI=1S/C21H23F3N6O3/c1-11(20(25)32)26-14-4-3-13-18(17(14)22)33-6-5-29-9-16(27-21(13)29)30-12(10-31)7-28(2)8-15(30)19(23)24/h3-4,9,11,15,19,26H,5-8H2,1-2H3,(H2,25,32)/t11?,15-/m0/s1. The Hall–Kier alpha value is -3.50. The fourth-order valence-electron chi connectivity index (χ4n) is 4.02. The van der Waals surface area contributed by atoms with Crippen LogP contribution in [0, 0.1) is 5.82 Å². The number of carbonyl (C=O) groups is 1. The highest BCUT2D eigenvalue weighted by Gasteiger charge is 2.38. The van der Waals surface area contributed by atoms with Gasteiger partial charge >= 0.3 is 0 Å². The minimum atomic E-state index is -2.73. The SMILES string of the molecule is CC(Nc1ccc2c(c1F)OCCn1cc(N3C(=C=O)CN(C)C[C@H]3C(F)F)nc1-2)C(N)=O. The van der Waals surface area contributed by atoms with Gasteiger partial charge in [-0.1, -0.05) is 0 Å². The van der Waals surface area contributed by atoms with Crippen molar-refractivity contribution in [2.45, 2.75) is 32.0 Å². The van der Waals surface area contributed by atoms with Gasteiger partial charge in [0.2, 0.25) is 5.91 Å². The summed E-state index contributed by atoms with van der Waals surface area (Å²) in [7, 11) is 1.65. The van der Waals surface area contributed by atoms with Crippen LogP contribution in [-0.4, -0.2) is 71.6 Å². The number of ether oxygens (including phenoxy) is 1. The van der Waals surface area contributed by atoms with Gasteiger partial charge in [-0.05, 0) is 26.1 Å². The highest BCUT2D eigenvalue weighted by molar-refractivity contribution is 5.83. The number of piperazine rings is 1. The Bertz CT molecular complexity index is 1130. The summed E-state index contributed by atoms with van der Waals surface area (Å²) < 4.78 is 50.1. The Morgan fingerprint density at radius 1 is 1.39 bits per heavy atom. The maximum atomic E-state index is 15.2. The smallest absolute Gasteiger partial charge is 0.260 e. The number of fused-ring (bicyclic) bond motifs is 3. The second kappa shape index (κ2) is 8.80. The van der Waals surface area contributed by atoms with E-state index in [-0.39, 0.29) is 49.2 Å². The lowest BCUT2D eigenvalue weighted by Gasteiger charge is -2.39. The summed E-state index contributed by atoms with van der Waals surface area (Å²) in [5, 5.41) is 2.70. The molecule has 0 spiro atoms. The number of carbonyl (C=O) groups excluding carboxylic acids is 2. The molecule has 0 saturated carbocycles. The van der Waals surface area contributed by atoms with Crippen LogP contribution in [0.3, 0.4) is 0 Å². The summed E-state index contributed by atoms with van der Waals surface area (Å²) in [6.45, 7) is 2.06. The second-order valence-corrected chi connectivity index (χ2v) is 8.05. The van der Waals surface area contributed by atoms with E-state index < -0.39 is 30.2 Å². The molecule has 4 rings (SSSR count). The fraction of sp³-hybridized carbons (Fsp3) is 0.429. The first-order valence-corrected chi connectivity index (χ1v) is 10.3. The zero-order chi connectivity index (χ0) is 23.9. The third-order valence-electron chi connectivity index (χ3n) is 5.68. The molecular weight excluding hydrogens is 441 g/mol. The van der Waals surface area contributed by atoms with Crippen LogP contribution in [0.2, 0.25) is 0 Å². The molecule has 2 atom stereocenters. The summed E-state index contributed by atoms with van der Waals surface area (Å²) in [5.41, 5.74) is 5.63. The lowest BCUT2D eigenvalue weighted by atomic mass is 10.1. The molecule has 0 aliphatic carbocycles. The third-order valence-corrected chi connectivity index (χ3v) is 5.68. The van der Waals surface area contributed by atoms with E-state index in [1.54, 1.807) is 34.7 Å². The van der Waals surface area contributed by atoms with Crippen LogP contribution < -0.4 is 20.7 Å². The minimum Gasteiger partial charge on any atom is -0.488 e. The van der Waals surface area contributed by atoms with Crippen molar-refractivity contribution in [2.75, 3.05) is 37.0 Å². The van der Waals surface area contributed by atoms with Gasteiger partial charge in [-0.2, -0.15) is 0 Å². The van der Waals surface area contributed by atoms with Gasteiger partial charge in [0.15, 0.2) is 17.4 Å². The summed E-state index contributed by atoms with van der Waals surface area (Å²) in [6, 6.07) is 0.894. The van der Waals surface area contributed by atoms with Crippen LogP contribution in [0.1, 0.15) is 6.92 Å². The topological polar surface area (TPSA) is 106 Å². The highest BCUT2D eigenvalue weighted by Crippen LogP contribution is 2.39. The van der Waals surface area contributed by atoms with Gasteiger partial charge in [-0.25, -0.2) is 22.9 Å². The van der Waals surface area contributed by atoms with Crippen LogP contribution in [0.5, 0.6) is 5.75 Å². The van der Waals surface area contributed by atoms with Crippen molar-refractivity contribution < 1.29 is 27.5 Å². The van der Waals surface area contributed by atoms with E-state index in [1.807, 2.05) is 0 Å². The molecule has 12 heteroatoms. The minimum absolute atomic E-state index is 0.0308. The summed E-state index contributed by atoms with van der Waals surface area (Å²) in [6.07, 6.45) is -1.18. The molecule has 2 aromatic rings. The van der Waals surface area contributed by atoms with Crippen molar-refractivity contribution in [3.05, 3.63) is 29.8 Å². The van der Waals surface area contributed by atoms with Gasteiger partial charge in [0, 0.05) is 19.3 Å². The van der Waals surface area contributed by atoms with Crippen molar-refractivity contribution in [2.24, 2.45) is 5.73 Å². The number of rotatable bonds is 5. The van der Waals surface area contributed by atoms with Crippen LogP contribution >= 0.6 is 0 Å². The van der Waals surface area contributed by atoms with E-state index in [9.17, 15) is 18.4 Å². The number of alkyl halides is 2. The van der Waals surface area contributed by atoms with E-state index in [1.165, 1.54) is 17.9 Å². The van der Waals surface area contributed by atoms with Crippen LogP contribution in [0.15, 0.2) is 24.0 Å². The highest BCUT2D eigenvalue weighted by atomic mass is 19.3. The van der Waals surface area contributed by atoms with Gasteiger partial charge in [-0.3, -0.25) is 9.69 Å². The van der Waals surface area contributed by atoms with Crippen molar-refractivity contribution >= 4 is 23.4 Å². The Morgan fingerprint density at radius 2 is 2.15 bits per heavy atom. The Morgan fingerprint density at radius 3 is 2.82 bits per heavy atom. The van der Waals surface area contributed by atoms with E-state index in [0.29, 0.717) is 11.4 Å². The van der Waals surface area contributed by atoms with Crippen LogP contribution in [0.4, 0.5) is 24.7 Å². The summed E-state index contributed by atoms with van der Waals surface area (Å²) in [5.74, 6) is 0.768. The molecule has 1 saturated heterocycles. The van der Waals surface area contributed by atoms with Gasteiger partial charge in [0.25, 0.3) is 6.43 Å². The second-order valence-electron chi connectivity index (χ2n) is 8.05. The predicted molar refractivity (Wildman–Crippen MR) is 114 cm³/mol. The van der Waals surface area contributed by atoms with E-state index >= 15 is 4.39 Å². The molecule has 1 aromatic carbocycles. The largest absolute Gasteiger partial charge is 0.488 e. The zero-order valence-electron chi connectivity index (χ0n) is 18.0. The molecule has 1 amide bonds. The number of nitrogens with two attached hydrogens (primary N) is 1. The molecule has 1 aromatic heterocycles. The Kier molecular flexibility index (Phi) is 6.05.